The van der Waals surface area contributed by atoms with Crippen LogP contribution in [-0.4, -0.2) is 42.2 Å². The van der Waals surface area contributed by atoms with Gasteiger partial charge in [0.05, 0.1) is 6.10 Å². The predicted molar refractivity (Wildman–Crippen MR) is 65.4 cm³/mol. The molecule has 0 bridgehead atoms. The van der Waals surface area contributed by atoms with Crippen LogP contribution in [0.4, 0.5) is 0 Å². The van der Waals surface area contributed by atoms with Crippen molar-refractivity contribution >= 4 is 17.7 Å². The number of amides is 1. The molecule has 2 saturated heterocycles. The Balaban J connectivity index is 1.67. The van der Waals surface area contributed by atoms with Crippen molar-refractivity contribution in [3.63, 3.8) is 0 Å². The third-order valence-electron chi connectivity index (χ3n) is 3.19. The summed E-state index contributed by atoms with van der Waals surface area (Å²) >= 11 is 1.96. The number of hydrogen-bond donors (Lipinski definition) is 2. The zero-order valence-corrected chi connectivity index (χ0v) is 10.3. The van der Waals surface area contributed by atoms with E-state index in [2.05, 4.69) is 5.32 Å². The van der Waals surface area contributed by atoms with Gasteiger partial charge in [-0.3, -0.25) is 4.79 Å². The molecule has 2 aliphatic rings. The Bertz CT molecular complexity index is 244. The third kappa shape index (κ3) is 3.12. The molecule has 0 spiro atoms. The Morgan fingerprint density at radius 3 is 2.94 bits per heavy atom. The summed E-state index contributed by atoms with van der Waals surface area (Å²) in [5.41, 5.74) is 5.51. The number of carbonyl (C=O) groups excluding carboxylic acids is 1. The molecule has 3 N–H and O–H groups in total. The molecule has 0 aliphatic carbocycles. The van der Waals surface area contributed by atoms with Crippen molar-refractivity contribution in [2.45, 2.75) is 43.1 Å². The molecule has 2 fully saturated rings. The van der Waals surface area contributed by atoms with E-state index in [4.69, 9.17) is 10.5 Å². The first-order chi connectivity index (χ1) is 7.79. The van der Waals surface area contributed by atoms with Gasteiger partial charge >= 0.3 is 0 Å². The summed E-state index contributed by atoms with van der Waals surface area (Å²) < 4.78 is 5.54. The van der Waals surface area contributed by atoms with Gasteiger partial charge in [-0.1, -0.05) is 0 Å². The molecule has 0 aromatic carbocycles. The highest BCUT2D eigenvalue weighted by Gasteiger charge is 2.30. The lowest BCUT2D eigenvalue weighted by Crippen LogP contribution is -2.38. The van der Waals surface area contributed by atoms with Crippen LogP contribution in [-0.2, 0) is 9.53 Å². The smallest absolute Gasteiger partial charge is 0.249 e. The number of carbonyl (C=O) groups is 1. The van der Waals surface area contributed by atoms with Gasteiger partial charge in [0, 0.05) is 18.3 Å². The quantitative estimate of drug-likeness (QED) is 0.756. The summed E-state index contributed by atoms with van der Waals surface area (Å²) in [6, 6.07) is 0. The van der Waals surface area contributed by atoms with Crippen LogP contribution in [0, 0.1) is 0 Å². The fourth-order valence-corrected chi connectivity index (χ4v) is 3.41. The Kier molecular flexibility index (Phi) is 4.49. The van der Waals surface area contributed by atoms with Crippen molar-refractivity contribution in [2.24, 2.45) is 5.73 Å². The summed E-state index contributed by atoms with van der Waals surface area (Å²) in [5, 5.41) is 3.59. The van der Waals surface area contributed by atoms with Crippen molar-refractivity contribution in [1.29, 1.82) is 0 Å². The topological polar surface area (TPSA) is 64.4 Å². The molecule has 3 unspecified atom stereocenters. The van der Waals surface area contributed by atoms with Gasteiger partial charge in [-0.25, -0.2) is 0 Å². The second-order valence-electron chi connectivity index (χ2n) is 4.44. The van der Waals surface area contributed by atoms with Gasteiger partial charge in [0.1, 0.15) is 6.10 Å². The van der Waals surface area contributed by atoms with Crippen molar-refractivity contribution in [1.82, 2.24) is 5.32 Å². The standard InChI is InChI=1S/C11H20N2O2S/c12-6-8-3-4-10(15-8)11(14)13-7-9-2-1-5-16-9/h8-10H,1-7,12H2,(H,13,14). The number of nitrogens with one attached hydrogen (secondary N) is 1. The normalized spacial score (nSPS) is 34.2. The molecular weight excluding hydrogens is 224 g/mol. The van der Waals surface area contributed by atoms with E-state index in [1.54, 1.807) is 0 Å². The van der Waals surface area contributed by atoms with E-state index < -0.39 is 0 Å². The molecule has 0 saturated carbocycles. The highest BCUT2D eigenvalue weighted by Crippen LogP contribution is 2.25. The maximum atomic E-state index is 11.8. The third-order valence-corrected chi connectivity index (χ3v) is 4.59. The molecule has 3 atom stereocenters. The molecule has 5 heteroatoms. The fourth-order valence-electron chi connectivity index (χ4n) is 2.21. The number of thioether (sulfide) groups is 1. The van der Waals surface area contributed by atoms with Crippen LogP contribution < -0.4 is 11.1 Å². The van der Waals surface area contributed by atoms with Gasteiger partial charge in [0.2, 0.25) is 5.91 Å². The van der Waals surface area contributed by atoms with Crippen LogP contribution in [0.25, 0.3) is 0 Å². The van der Waals surface area contributed by atoms with Crippen LogP contribution in [0.2, 0.25) is 0 Å². The molecule has 4 nitrogen and oxygen atoms in total. The van der Waals surface area contributed by atoms with E-state index in [9.17, 15) is 4.79 Å². The van der Waals surface area contributed by atoms with Crippen LogP contribution in [0.5, 0.6) is 0 Å². The summed E-state index contributed by atoms with van der Waals surface area (Å²) in [6.07, 6.45) is 4.04. The average molecular weight is 244 g/mol. The van der Waals surface area contributed by atoms with E-state index in [0.717, 1.165) is 19.4 Å². The first-order valence-electron chi connectivity index (χ1n) is 6.04. The van der Waals surface area contributed by atoms with E-state index in [-0.39, 0.29) is 18.1 Å². The van der Waals surface area contributed by atoms with E-state index >= 15 is 0 Å². The summed E-state index contributed by atoms with van der Waals surface area (Å²) in [4.78, 5) is 11.8. The molecule has 2 rings (SSSR count). The van der Waals surface area contributed by atoms with Gasteiger partial charge in [-0.15, -0.1) is 0 Å². The maximum Gasteiger partial charge on any atom is 0.249 e. The first kappa shape index (κ1) is 12.2. The van der Waals surface area contributed by atoms with Crippen LogP contribution in [0.15, 0.2) is 0 Å². The number of ether oxygens (including phenoxy) is 1. The first-order valence-corrected chi connectivity index (χ1v) is 7.09. The molecule has 0 aromatic heterocycles. The Morgan fingerprint density at radius 2 is 2.31 bits per heavy atom. The zero-order valence-electron chi connectivity index (χ0n) is 9.48. The number of rotatable bonds is 4. The predicted octanol–water partition coefficient (Wildman–Crippen LogP) is 0.504. The average Bonchev–Trinajstić information content (AvgIpc) is 2.96. The molecule has 92 valence electrons. The van der Waals surface area contributed by atoms with Crippen LogP contribution in [0.1, 0.15) is 25.7 Å². The lowest BCUT2D eigenvalue weighted by atomic mass is 10.2. The van der Waals surface area contributed by atoms with Gasteiger partial charge in [-0.05, 0) is 31.4 Å². The molecule has 1 amide bonds. The van der Waals surface area contributed by atoms with Gasteiger partial charge in [0.15, 0.2) is 0 Å². The second-order valence-corrected chi connectivity index (χ2v) is 5.85. The molecule has 0 radical (unpaired) electrons. The van der Waals surface area contributed by atoms with Gasteiger partial charge < -0.3 is 15.8 Å². The van der Waals surface area contributed by atoms with Crippen LogP contribution in [0.3, 0.4) is 0 Å². The molecule has 2 heterocycles. The molecule has 0 aromatic rings. The Morgan fingerprint density at radius 1 is 1.44 bits per heavy atom. The molecule has 16 heavy (non-hydrogen) atoms. The van der Waals surface area contributed by atoms with Gasteiger partial charge in [-0.2, -0.15) is 11.8 Å². The van der Waals surface area contributed by atoms with Crippen molar-refractivity contribution in [3.05, 3.63) is 0 Å². The highest BCUT2D eigenvalue weighted by atomic mass is 32.2. The highest BCUT2D eigenvalue weighted by molar-refractivity contribution is 8.00. The van der Waals surface area contributed by atoms with Gasteiger partial charge in [0.25, 0.3) is 0 Å². The monoisotopic (exact) mass is 244 g/mol. The summed E-state index contributed by atoms with van der Waals surface area (Å²) in [6.45, 7) is 1.30. The van der Waals surface area contributed by atoms with E-state index in [0.29, 0.717) is 11.8 Å². The maximum absolute atomic E-state index is 11.8. The lowest BCUT2D eigenvalue weighted by molar-refractivity contribution is -0.131. The zero-order chi connectivity index (χ0) is 11.4. The largest absolute Gasteiger partial charge is 0.364 e. The van der Waals surface area contributed by atoms with E-state index in [1.165, 1.54) is 18.6 Å². The molecular formula is C11H20N2O2S. The minimum absolute atomic E-state index is 0.0449. The second kappa shape index (κ2) is 5.89. The summed E-state index contributed by atoms with van der Waals surface area (Å²) in [7, 11) is 0. The van der Waals surface area contributed by atoms with Crippen molar-refractivity contribution in [2.75, 3.05) is 18.8 Å². The van der Waals surface area contributed by atoms with Crippen molar-refractivity contribution < 1.29 is 9.53 Å². The SMILES string of the molecule is NCC1CCC(C(=O)NCC2CCCS2)O1. The molecule has 2 aliphatic heterocycles. The minimum atomic E-state index is -0.264. The van der Waals surface area contributed by atoms with Crippen LogP contribution >= 0.6 is 11.8 Å². The Hall–Kier alpha value is -0.260. The minimum Gasteiger partial charge on any atom is -0.364 e. The number of nitrogens with two attached hydrogens (primary N) is 1. The fraction of sp³-hybridized carbons (Fsp3) is 0.909. The van der Waals surface area contributed by atoms with Crippen molar-refractivity contribution in [3.8, 4) is 0 Å². The lowest BCUT2D eigenvalue weighted by Gasteiger charge is -2.14. The summed E-state index contributed by atoms with van der Waals surface area (Å²) in [5.74, 6) is 1.28. The van der Waals surface area contributed by atoms with E-state index in [1.807, 2.05) is 11.8 Å². The number of hydrogen-bond acceptors (Lipinski definition) is 4. The Labute approximate surface area is 101 Å².